The predicted molar refractivity (Wildman–Crippen MR) is 146 cm³/mol. The van der Waals surface area contributed by atoms with Crippen molar-refractivity contribution in [2.75, 3.05) is 26.4 Å². The lowest BCUT2D eigenvalue weighted by Gasteiger charge is -2.36. The van der Waals surface area contributed by atoms with Gasteiger partial charge in [0.25, 0.3) is 0 Å². The van der Waals surface area contributed by atoms with Crippen LogP contribution in [0.1, 0.15) is 62.2 Å². The summed E-state index contributed by atoms with van der Waals surface area (Å²) in [4.78, 5) is 56.1. The number of hydrogen-bond acceptors (Lipinski definition) is 12. The lowest BCUT2D eigenvalue weighted by Crippen LogP contribution is -2.60. The Kier molecular flexibility index (Phi) is 10.7. The highest BCUT2D eigenvalue weighted by Gasteiger charge is 2.67. The van der Waals surface area contributed by atoms with Crippen LogP contribution < -0.4 is 5.32 Å². The first-order chi connectivity index (χ1) is 20.2. The van der Waals surface area contributed by atoms with Gasteiger partial charge in [0.2, 0.25) is 11.6 Å². The molecule has 0 bridgehead atoms. The highest BCUT2D eigenvalue weighted by molar-refractivity contribution is 6.07. The summed E-state index contributed by atoms with van der Waals surface area (Å²) in [6.45, 7) is 5.95. The molecule has 12 nitrogen and oxygen atoms in total. The van der Waals surface area contributed by atoms with Crippen molar-refractivity contribution in [3.05, 3.63) is 70.8 Å². The summed E-state index contributed by atoms with van der Waals surface area (Å²) in [6.07, 6.45) is -1.17. The van der Waals surface area contributed by atoms with Crippen LogP contribution in [0.4, 0.5) is 0 Å². The Morgan fingerprint density at radius 3 is 1.52 bits per heavy atom. The maximum atomic E-state index is 13.9. The van der Waals surface area contributed by atoms with Gasteiger partial charge in [-0.2, -0.15) is 10.5 Å². The van der Waals surface area contributed by atoms with E-state index in [0.717, 1.165) is 0 Å². The van der Waals surface area contributed by atoms with E-state index in [0.29, 0.717) is 16.7 Å². The number of ether oxygens (including phenoxy) is 4. The zero-order chi connectivity index (χ0) is 30.9. The summed E-state index contributed by atoms with van der Waals surface area (Å²) in [5, 5.41) is 21.8. The second-order valence-corrected chi connectivity index (χ2v) is 9.02. The fourth-order valence-corrected chi connectivity index (χ4v) is 4.89. The number of esters is 4. The van der Waals surface area contributed by atoms with Crippen LogP contribution in [0.2, 0.25) is 0 Å². The Labute approximate surface area is 243 Å². The SMILES string of the molecule is CCOC(=O)C(C(=O)OCC)N1[C@@H](c2ccc(C#N)cc2)NC(C(=O)OCC)(C(=O)OCC)[C@H]1c1ccc(C#N)cc1. The number of nitriles is 2. The molecule has 12 heteroatoms. The van der Waals surface area contributed by atoms with E-state index in [-0.39, 0.29) is 32.0 Å². The molecule has 0 aromatic heterocycles. The zero-order valence-corrected chi connectivity index (χ0v) is 23.8. The molecule has 0 unspecified atom stereocenters. The lowest BCUT2D eigenvalue weighted by molar-refractivity contribution is -0.172. The van der Waals surface area contributed by atoms with Crippen LogP contribution in [0.25, 0.3) is 0 Å². The van der Waals surface area contributed by atoms with Gasteiger partial charge in [-0.3, -0.25) is 10.2 Å². The maximum Gasteiger partial charge on any atom is 0.340 e. The molecule has 0 radical (unpaired) electrons. The van der Waals surface area contributed by atoms with Gasteiger partial charge in [-0.15, -0.1) is 0 Å². The molecule has 42 heavy (non-hydrogen) atoms. The molecule has 1 fully saturated rings. The maximum absolute atomic E-state index is 13.9. The van der Waals surface area contributed by atoms with E-state index in [2.05, 4.69) is 5.32 Å². The average molecular weight is 577 g/mol. The average Bonchev–Trinajstić information content (AvgIpc) is 3.34. The number of nitrogens with zero attached hydrogens (tertiary/aromatic N) is 3. The van der Waals surface area contributed by atoms with Crippen LogP contribution in [-0.2, 0) is 38.1 Å². The number of carbonyl (C=O) groups is 4. The minimum atomic E-state index is -2.30. The molecular weight excluding hydrogens is 544 g/mol. The Bertz CT molecular complexity index is 1340. The monoisotopic (exact) mass is 576 g/mol. The fraction of sp³-hybridized carbons (Fsp3) is 0.400. The third kappa shape index (κ3) is 6.10. The van der Waals surface area contributed by atoms with Crippen molar-refractivity contribution in [3.63, 3.8) is 0 Å². The van der Waals surface area contributed by atoms with E-state index in [1.165, 1.54) is 41.3 Å². The van der Waals surface area contributed by atoms with Crippen molar-refractivity contribution in [1.29, 1.82) is 10.5 Å². The topological polar surface area (TPSA) is 168 Å². The van der Waals surface area contributed by atoms with Gasteiger partial charge in [0.05, 0.1) is 61.9 Å². The van der Waals surface area contributed by atoms with Gasteiger partial charge in [0.15, 0.2) is 0 Å². The van der Waals surface area contributed by atoms with Crippen LogP contribution >= 0.6 is 0 Å². The van der Waals surface area contributed by atoms with Crippen LogP contribution in [0, 0.1) is 22.7 Å². The first-order valence-corrected chi connectivity index (χ1v) is 13.5. The molecule has 3 rings (SSSR count). The number of rotatable bonds is 11. The quantitative estimate of drug-likeness (QED) is 0.236. The van der Waals surface area contributed by atoms with Crippen molar-refractivity contribution < 1.29 is 38.1 Å². The molecule has 1 saturated heterocycles. The summed E-state index contributed by atoms with van der Waals surface area (Å²) in [6, 6.07) is 13.0. The lowest BCUT2D eigenvalue weighted by atomic mass is 9.84. The minimum absolute atomic E-state index is 0.0695. The predicted octanol–water partition coefficient (Wildman–Crippen LogP) is 2.43. The molecule has 2 aromatic carbocycles. The Morgan fingerprint density at radius 1 is 0.738 bits per heavy atom. The van der Waals surface area contributed by atoms with Crippen LogP contribution in [0.5, 0.6) is 0 Å². The molecule has 1 heterocycles. The Hall–Kier alpha value is -4.78. The summed E-state index contributed by atoms with van der Waals surface area (Å²) in [5.41, 5.74) is -0.971. The first kappa shape index (κ1) is 31.7. The number of hydrogen-bond donors (Lipinski definition) is 1. The fourth-order valence-electron chi connectivity index (χ4n) is 4.89. The molecule has 220 valence electrons. The second kappa shape index (κ2) is 14.2. The molecule has 0 saturated carbocycles. The summed E-state index contributed by atoms with van der Waals surface area (Å²) in [5.74, 6) is -3.96. The van der Waals surface area contributed by atoms with Gasteiger partial charge in [0.1, 0.15) is 0 Å². The van der Waals surface area contributed by atoms with Gasteiger partial charge in [-0.1, -0.05) is 24.3 Å². The van der Waals surface area contributed by atoms with Crippen LogP contribution in [0.3, 0.4) is 0 Å². The van der Waals surface area contributed by atoms with Gasteiger partial charge < -0.3 is 18.9 Å². The van der Waals surface area contributed by atoms with E-state index in [9.17, 15) is 29.7 Å². The molecule has 0 amide bonds. The number of nitrogens with one attached hydrogen (secondary N) is 1. The third-order valence-electron chi connectivity index (χ3n) is 6.59. The molecule has 2 aromatic rings. The Morgan fingerprint density at radius 2 is 1.14 bits per heavy atom. The highest BCUT2D eigenvalue weighted by atomic mass is 16.6. The summed E-state index contributed by atoms with van der Waals surface area (Å²) >= 11 is 0. The molecular formula is C30H32N4O8. The van der Waals surface area contributed by atoms with Gasteiger partial charge in [-0.25, -0.2) is 19.2 Å². The summed E-state index contributed by atoms with van der Waals surface area (Å²) in [7, 11) is 0. The van der Waals surface area contributed by atoms with Crippen LogP contribution in [0.15, 0.2) is 48.5 Å². The molecule has 1 N–H and O–H groups in total. The molecule has 0 spiro atoms. The molecule has 0 aliphatic carbocycles. The normalized spacial score (nSPS) is 17.5. The molecule has 1 aliphatic heterocycles. The summed E-state index contributed by atoms with van der Waals surface area (Å²) < 4.78 is 21.4. The molecule has 1 aliphatic rings. The van der Waals surface area contributed by atoms with Crippen molar-refractivity contribution >= 4 is 23.9 Å². The minimum Gasteiger partial charge on any atom is -0.464 e. The van der Waals surface area contributed by atoms with E-state index < -0.39 is 47.7 Å². The smallest absolute Gasteiger partial charge is 0.340 e. The number of benzene rings is 2. The second-order valence-electron chi connectivity index (χ2n) is 9.02. The Balaban J connectivity index is 2.44. The van der Waals surface area contributed by atoms with E-state index in [4.69, 9.17) is 18.9 Å². The zero-order valence-electron chi connectivity index (χ0n) is 23.8. The van der Waals surface area contributed by atoms with E-state index in [1.807, 2.05) is 12.1 Å². The van der Waals surface area contributed by atoms with Crippen molar-refractivity contribution in [2.24, 2.45) is 0 Å². The van der Waals surface area contributed by atoms with Crippen molar-refractivity contribution in [2.45, 2.75) is 51.5 Å². The van der Waals surface area contributed by atoms with Gasteiger partial charge in [-0.05, 0) is 63.1 Å². The van der Waals surface area contributed by atoms with Gasteiger partial charge >= 0.3 is 23.9 Å². The highest BCUT2D eigenvalue weighted by Crippen LogP contribution is 2.48. The first-order valence-electron chi connectivity index (χ1n) is 13.5. The third-order valence-corrected chi connectivity index (χ3v) is 6.59. The van der Waals surface area contributed by atoms with Crippen molar-refractivity contribution in [3.8, 4) is 12.1 Å². The standard InChI is InChI=1S/C30H32N4O8/c1-5-39-26(35)23(27(36)40-6-2)34-24(21-13-9-19(17-31)10-14-21)30(28(37)41-7-3,29(38)42-8-4)33-25(34)22-15-11-20(18-32)12-16-22/h9-16,23-25,33H,5-8H2,1-4H3/t24-,25+/m1/s1. The van der Waals surface area contributed by atoms with Gasteiger partial charge in [0, 0.05) is 0 Å². The van der Waals surface area contributed by atoms with Crippen molar-refractivity contribution in [1.82, 2.24) is 10.2 Å². The molecule has 2 atom stereocenters. The number of carbonyl (C=O) groups excluding carboxylic acids is 4. The largest absolute Gasteiger partial charge is 0.464 e. The van der Waals surface area contributed by atoms with Crippen LogP contribution in [-0.4, -0.2) is 66.8 Å². The van der Waals surface area contributed by atoms with E-state index >= 15 is 0 Å². The van der Waals surface area contributed by atoms with E-state index in [1.54, 1.807) is 39.8 Å².